The van der Waals surface area contributed by atoms with Crippen molar-refractivity contribution in [1.82, 2.24) is 9.80 Å². The average Bonchev–Trinajstić information content (AvgIpc) is 2.26. The SMILES string of the molecule is C[C@H](O)CN1CCN(CCOCC(F)(F)F)C[C@H]1C. The molecule has 0 aromatic rings. The Morgan fingerprint density at radius 3 is 2.58 bits per heavy atom. The highest BCUT2D eigenvalue weighted by molar-refractivity contribution is 4.79. The molecule has 19 heavy (non-hydrogen) atoms. The monoisotopic (exact) mass is 284 g/mol. The Labute approximate surface area is 112 Å². The van der Waals surface area contributed by atoms with Gasteiger partial charge in [0, 0.05) is 38.8 Å². The van der Waals surface area contributed by atoms with Crippen LogP contribution in [0.25, 0.3) is 0 Å². The van der Waals surface area contributed by atoms with Gasteiger partial charge in [0.25, 0.3) is 0 Å². The zero-order chi connectivity index (χ0) is 14.5. The van der Waals surface area contributed by atoms with Gasteiger partial charge in [-0.2, -0.15) is 13.2 Å². The number of β-amino-alcohol motifs (C(OH)–C–C–N with tert-alkyl or cyclic N) is 1. The molecule has 0 aromatic heterocycles. The Balaban J connectivity index is 2.18. The lowest BCUT2D eigenvalue weighted by Gasteiger charge is -2.40. The summed E-state index contributed by atoms with van der Waals surface area (Å²) in [6.07, 6.45) is -4.60. The fourth-order valence-electron chi connectivity index (χ4n) is 2.27. The molecule has 0 bridgehead atoms. The highest BCUT2D eigenvalue weighted by Gasteiger charge is 2.28. The van der Waals surface area contributed by atoms with Crippen molar-refractivity contribution < 1.29 is 23.0 Å². The molecule has 1 rings (SSSR count). The maximum Gasteiger partial charge on any atom is 0.411 e. The smallest absolute Gasteiger partial charge is 0.392 e. The van der Waals surface area contributed by atoms with E-state index in [1.54, 1.807) is 6.92 Å². The molecule has 1 saturated heterocycles. The van der Waals surface area contributed by atoms with E-state index in [2.05, 4.69) is 21.5 Å². The molecule has 0 radical (unpaired) electrons. The molecule has 4 nitrogen and oxygen atoms in total. The molecule has 0 unspecified atom stereocenters. The zero-order valence-electron chi connectivity index (χ0n) is 11.5. The number of rotatable bonds is 6. The molecule has 0 spiro atoms. The first-order valence-electron chi connectivity index (χ1n) is 6.57. The van der Waals surface area contributed by atoms with Crippen LogP contribution in [-0.2, 0) is 4.74 Å². The van der Waals surface area contributed by atoms with Crippen molar-refractivity contribution in [3.63, 3.8) is 0 Å². The van der Waals surface area contributed by atoms with Gasteiger partial charge in [-0.05, 0) is 13.8 Å². The van der Waals surface area contributed by atoms with E-state index in [1.807, 2.05) is 0 Å². The lowest BCUT2D eigenvalue weighted by Crippen LogP contribution is -2.54. The van der Waals surface area contributed by atoms with E-state index in [1.165, 1.54) is 0 Å². The van der Waals surface area contributed by atoms with Crippen LogP contribution in [0, 0.1) is 0 Å². The number of ether oxygens (including phenoxy) is 1. The second kappa shape index (κ2) is 7.42. The van der Waals surface area contributed by atoms with Gasteiger partial charge in [0.05, 0.1) is 12.7 Å². The largest absolute Gasteiger partial charge is 0.411 e. The molecule has 0 saturated carbocycles. The summed E-state index contributed by atoms with van der Waals surface area (Å²) in [6.45, 7) is 6.31. The van der Waals surface area contributed by atoms with Crippen molar-refractivity contribution in [1.29, 1.82) is 0 Å². The molecule has 0 aliphatic carbocycles. The molecule has 1 aliphatic heterocycles. The average molecular weight is 284 g/mol. The van der Waals surface area contributed by atoms with E-state index in [4.69, 9.17) is 0 Å². The predicted molar refractivity (Wildman–Crippen MR) is 66.0 cm³/mol. The highest BCUT2D eigenvalue weighted by atomic mass is 19.4. The molecule has 114 valence electrons. The molecule has 0 aromatic carbocycles. The maximum atomic E-state index is 11.9. The number of hydrogen-bond donors (Lipinski definition) is 1. The minimum Gasteiger partial charge on any atom is -0.392 e. The first-order chi connectivity index (χ1) is 8.78. The van der Waals surface area contributed by atoms with Gasteiger partial charge in [-0.3, -0.25) is 9.80 Å². The Bertz CT molecular complexity index is 262. The van der Waals surface area contributed by atoms with Crippen LogP contribution in [0.2, 0.25) is 0 Å². The van der Waals surface area contributed by atoms with E-state index in [-0.39, 0.29) is 12.7 Å². The van der Waals surface area contributed by atoms with Crippen LogP contribution in [0.3, 0.4) is 0 Å². The van der Waals surface area contributed by atoms with Crippen LogP contribution in [0.1, 0.15) is 13.8 Å². The molecule has 1 heterocycles. The van der Waals surface area contributed by atoms with Crippen molar-refractivity contribution in [2.24, 2.45) is 0 Å². The fourth-order valence-corrected chi connectivity index (χ4v) is 2.27. The third-order valence-electron chi connectivity index (χ3n) is 3.17. The van der Waals surface area contributed by atoms with E-state index in [0.29, 0.717) is 19.1 Å². The summed E-state index contributed by atoms with van der Waals surface area (Å²) in [5, 5.41) is 9.36. The summed E-state index contributed by atoms with van der Waals surface area (Å²) in [7, 11) is 0. The van der Waals surface area contributed by atoms with Gasteiger partial charge in [-0.25, -0.2) is 0 Å². The molecule has 2 atom stereocenters. The topological polar surface area (TPSA) is 35.9 Å². The van der Waals surface area contributed by atoms with Gasteiger partial charge in [-0.15, -0.1) is 0 Å². The van der Waals surface area contributed by atoms with Crippen LogP contribution in [0.15, 0.2) is 0 Å². The lowest BCUT2D eigenvalue weighted by molar-refractivity contribution is -0.174. The summed E-state index contributed by atoms with van der Waals surface area (Å²) in [5.41, 5.74) is 0. The summed E-state index contributed by atoms with van der Waals surface area (Å²) in [4.78, 5) is 4.29. The molecule has 1 aliphatic rings. The van der Waals surface area contributed by atoms with Crippen molar-refractivity contribution in [2.45, 2.75) is 32.2 Å². The van der Waals surface area contributed by atoms with E-state index in [9.17, 15) is 18.3 Å². The van der Waals surface area contributed by atoms with Gasteiger partial charge in [0.2, 0.25) is 0 Å². The Morgan fingerprint density at radius 1 is 1.37 bits per heavy atom. The molecular weight excluding hydrogens is 261 g/mol. The van der Waals surface area contributed by atoms with Crippen molar-refractivity contribution in [2.75, 3.05) is 45.9 Å². The van der Waals surface area contributed by atoms with Crippen LogP contribution in [-0.4, -0.2) is 79.2 Å². The molecular formula is C12H23F3N2O2. The van der Waals surface area contributed by atoms with E-state index < -0.39 is 12.8 Å². The second-order valence-electron chi connectivity index (χ2n) is 5.16. The number of halogens is 3. The second-order valence-corrected chi connectivity index (χ2v) is 5.16. The van der Waals surface area contributed by atoms with Crippen molar-refractivity contribution in [3.8, 4) is 0 Å². The lowest BCUT2D eigenvalue weighted by atomic mass is 10.1. The first-order valence-corrected chi connectivity index (χ1v) is 6.57. The van der Waals surface area contributed by atoms with Gasteiger partial charge < -0.3 is 9.84 Å². The minimum absolute atomic E-state index is 0.0998. The standard InChI is InChI=1S/C12H23F3N2O2/c1-10-7-16(3-4-17(10)8-11(2)18)5-6-19-9-12(13,14)15/h10-11,18H,3-9H2,1-2H3/t10-,11+/m1/s1. The molecule has 7 heteroatoms. The number of aliphatic hydroxyl groups is 1. The molecule has 0 amide bonds. The predicted octanol–water partition coefficient (Wildman–Crippen LogP) is 0.952. The zero-order valence-corrected chi connectivity index (χ0v) is 11.5. The summed E-state index contributed by atoms with van der Waals surface area (Å²) in [5.74, 6) is 0. The van der Waals surface area contributed by atoms with Crippen LogP contribution < -0.4 is 0 Å². The number of nitrogens with zero attached hydrogens (tertiary/aromatic N) is 2. The first kappa shape index (κ1) is 16.7. The third kappa shape index (κ3) is 7.10. The Kier molecular flexibility index (Phi) is 6.52. The van der Waals surface area contributed by atoms with Gasteiger partial charge in [-0.1, -0.05) is 0 Å². The molecule has 1 N–H and O–H groups in total. The molecule has 1 fully saturated rings. The quantitative estimate of drug-likeness (QED) is 0.737. The Morgan fingerprint density at radius 2 is 2.05 bits per heavy atom. The van der Waals surface area contributed by atoms with E-state index in [0.717, 1.165) is 19.6 Å². The van der Waals surface area contributed by atoms with E-state index >= 15 is 0 Å². The summed E-state index contributed by atoms with van der Waals surface area (Å²) in [6, 6.07) is 0.297. The van der Waals surface area contributed by atoms with Gasteiger partial charge in [0.1, 0.15) is 6.61 Å². The van der Waals surface area contributed by atoms with Crippen LogP contribution in [0.4, 0.5) is 13.2 Å². The fraction of sp³-hybridized carbons (Fsp3) is 1.00. The van der Waals surface area contributed by atoms with Crippen LogP contribution >= 0.6 is 0 Å². The van der Waals surface area contributed by atoms with Crippen LogP contribution in [0.5, 0.6) is 0 Å². The minimum atomic E-state index is -4.25. The number of aliphatic hydroxyl groups excluding tert-OH is 1. The highest BCUT2D eigenvalue weighted by Crippen LogP contribution is 2.14. The number of piperazine rings is 1. The summed E-state index contributed by atoms with van der Waals surface area (Å²) < 4.78 is 40.3. The van der Waals surface area contributed by atoms with Crippen molar-refractivity contribution >= 4 is 0 Å². The van der Waals surface area contributed by atoms with Gasteiger partial charge in [0.15, 0.2) is 0 Å². The number of hydrogen-bond acceptors (Lipinski definition) is 4. The number of alkyl halides is 3. The maximum absolute atomic E-state index is 11.9. The van der Waals surface area contributed by atoms with Crippen molar-refractivity contribution in [3.05, 3.63) is 0 Å². The van der Waals surface area contributed by atoms with Gasteiger partial charge >= 0.3 is 6.18 Å². The normalized spacial score (nSPS) is 24.6. The Hall–Kier alpha value is -0.370. The summed E-state index contributed by atoms with van der Waals surface area (Å²) >= 11 is 0. The third-order valence-corrected chi connectivity index (χ3v) is 3.17.